The van der Waals surface area contributed by atoms with Gasteiger partial charge in [0, 0.05) is 18.0 Å². The van der Waals surface area contributed by atoms with E-state index in [1.54, 1.807) is 18.7 Å². The standard InChI is InChI=1S/C16H17N3O2/c1-11(4-6-13-3-2-8-21-13)19-16(20)12-5-7-14-15(9-12)18-10-17-14/h2-3,5,7-11H,4,6H2,1H3,(H,17,18)(H,19,20)/t11-/m1/s1. The molecular weight excluding hydrogens is 266 g/mol. The molecule has 21 heavy (non-hydrogen) atoms. The Kier molecular flexibility index (Phi) is 3.73. The molecule has 3 aromatic rings. The second kappa shape index (κ2) is 5.83. The average molecular weight is 283 g/mol. The second-order valence-corrected chi connectivity index (χ2v) is 5.13. The van der Waals surface area contributed by atoms with Gasteiger partial charge < -0.3 is 14.7 Å². The Hall–Kier alpha value is -2.56. The van der Waals surface area contributed by atoms with Crippen LogP contribution in [0.15, 0.2) is 47.3 Å². The maximum atomic E-state index is 12.2. The van der Waals surface area contributed by atoms with Crippen LogP contribution in [0.2, 0.25) is 0 Å². The van der Waals surface area contributed by atoms with Gasteiger partial charge in [-0.25, -0.2) is 4.98 Å². The van der Waals surface area contributed by atoms with E-state index in [2.05, 4.69) is 15.3 Å². The zero-order valence-corrected chi connectivity index (χ0v) is 11.8. The Morgan fingerprint density at radius 3 is 3.14 bits per heavy atom. The molecule has 0 saturated heterocycles. The minimum atomic E-state index is -0.0709. The molecule has 1 atom stereocenters. The fourth-order valence-corrected chi connectivity index (χ4v) is 2.27. The third kappa shape index (κ3) is 3.13. The van der Waals surface area contributed by atoms with Crippen molar-refractivity contribution in [1.29, 1.82) is 0 Å². The number of H-pyrrole nitrogens is 1. The van der Waals surface area contributed by atoms with E-state index in [1.807, 2.05) is 31.2 Å². The number of carbonyl (C=O) groups excluding carboxylic acids is 1. The van der Waals surface area contributed by atoms with Crippen molar-refractivity contribution < 1.29 is 9.21 Å². The van der Waals surface area contributed by atoms with Crippen LogP contribution in [0.3, 0.4) is 0 Å². The van der Waals surface area contributed by atoms with Crippen LogP contribution in [0.5, 0.6) is 0 Å². The lowest BCUT2D eigenvalue weighted by Crippen LogP contribution is -2.32. The SMILES string of the molecule is C[C@H](CCc1ccco1)NC(=O)c1ccc2nc[nH]c2c1. The summed E-state index contributed by atoms with van der Waals surface area (Å²) < 4.78 is 5.29. The summed E-state index contributed by atoms with van der Waals surface area (Å²) in [7, 11) is 0. The van der Waals surface area contributed by atoms with Gasteiger partial charge in [0.2, 0.25) is 0 Å². The van der Waals surface area contributed by atoms with Gasteiger partial charge in [0.25, 0.3) is 5.91 Å². The molecule has 0 fully saturated rings. The highest BCUT2D eigenvalue weighted by atomic mass is 16.3. The summed E-state index contributed by atoms with van der Waals surface area (Å²) in [5.41, 5.74) is 2.36. The monoisotopic (exact) mass is 283 g/mol. The largest absolute Gasteiger partial charge is 0.469 e. The zero-order valence-electron chi connectivity index (χ0n) is 11.8. The molecule has 2 aromatic heterocycles. The topological polar surface area (TPSA) is 70.9 Å². The molecule has 108 valence electrons. The van der Waals surface area contributed by atoms with Gasteiger partial charge in [-0.1, -0.05) is 0 Å². The molecule has 0 unspecified atom stereocenters. The van der Waals surface area contributed by atoms with Crippen LogP contribution >= 0.6 is 0 Å². The Morgan fingerprint density at radius 1 is 1.43 bits per heavy atom. The molecule has 3 rings (SSSR count). The molecule has 0 radical (unpaired) electrons. The Labute approximate surface area is 122 Å². The van der Waals surface area contributed by atoms with Gasteiger partial charge in [0.05, 0.1) is 23.6 Å². The van der Waals surface area contributed by atoms with Gasteiger partial charge in [0.1, 0.15) is 5.76 Å². The van der Waals surface area contributed by atoms with Gasteiger partial charge >= 0.3 is 0 Å². The molecule has 0 aliphatic heterocycles. The smallest absolute Gasteiger partial charge is 0.251 e. The first-order valence-electron chi connectivity index (χ1n) is 6.99. The van der Waals surface area contributed by atoms with Gasteiger partial charge in [-0.3, -0.25) is 4.79 Å². The fourth-order valence-electron chi connectivity index (χ4n) is 2.27. The predicted molar refractivity (Wildman–Crippen MR) is 80.1 cm³/mol. The normalized spacial score (nSPS) is 12.4. The zero-order chi connectivity index (χ0) is 14.7. The number of imidazole rings is 1. The van der Waals surface area contributed by atoms with E-state index in [4.69, 9.17) is 4.42 Å². The molecule has 2 N–H and O–H groups in total. The number of amides is 1. The van der Waals surface area contributed by atoms with Crippen LogP contribution in [0.25, 0.3) is 11.0 Å². The molecule has 0 aliphatic rings. The Bertz CT molecular complexity index is 731. The number of aromatic nitrogens is 2. The van der Waals surface area contributed by atoms with E-state index >= 15 is 0 Å². The average Bonchev–Trinajstić information content (AvgIpc) is 3.15. The molecule has 1 aromatic carbocycles. The van der Waals surface area contributed by atoms with E-state index < -0.39 is 0 Å². The van der Waals surface area contributed by atoms with Crippen molar-refractivity contribution in [1.82, 2.24) is 15.3 Å². The van der Waals surface area contributed by atoms with Crippen LogP contribution in [-0.2, 0) is 6.42 Å². The van der Waals surface area contributed by atoms with Gasteiger partial charge in [-0.15, -0.1) is 0 Å². The minimum absolute atomic E-state index is 0.0709. The number of nitrogens with one attached hydrogen (secondary N) is 2. The highest BCUT2D eigenvalue weighted by Crippen LogP contribution is 2.12. The van der Waals surface area contributed by atoms with Gasteiger partial charge in [-0.2, -0.15) is 0 Å². The summed E-state index contributed by atoms with van der Waals surface area (Å²) in [4.78, 5) is 19.4. The van der Waals surface area contributed by atoms with Gasteiger partial charge in [-0.05, 0) is 43.7 Å². The quantitative estimate of drug-likeness (QED) is 0.756. The highest BCUT2D eigenvalue weighted by Gasteiger charge is 2.11. The van der Waals surface area contributed by atoms with Crippen molar-refractivity contribution >= 4 is 16.9 Å². The van der Waals surface area contributed by atoms with Crippen molar-refractivity contribution in [3.8, 4) is 0 Å². The Balaban J connectivity index is 1.59. The lowest BCUT2D eigenvalue weighted by atomic mass is 10.1. The third-order valence-electron chi connectivity index (χ3n) is 3.46. The summed E-state index contributed by atoms with van der Waals surface area (Å²) in [5, 5.41) is 3.00. The summed E-state index contributed by atoms with van der Waals surface area (Å²) in [6, 6.07) is 9.35. The number of furan rings is 1. The van der Waals surface area contributed by atoms with E-state index in [0.717, 1.165) is 29.6 Å². The van der Waals surface area contributed by atoms with Crippen molar-refractivity contribution in [2.45, 2.75) is 25.8 Å². The third-order valence-corrected chi connectivity index (χ3v) is 3.46. The van der Waals surface area contributed by atoms with E-state index in [9.17, 15) is 4.79 Å². The van der Waals surface area contributed by atoms with E-state index in [0.29, 0.717) is 5.56 Å². The van der Waals surface area contributed by atoms with Crippen LogP contribution in [0.4, 0.5) is 0 Å². The summed E-state index contributed by atoms with van der Waals surface area (Å²) in [5.74, 6) is 0.869. The van der Waals surface area contributed by atoms with E-state index in [-0.39, 0.29) is 11.9 Å². The molecule has 0 aliphatic carbocycles. The number of hydrogen-bond acceptors (Lipinski definition) is 3. The van der Waals surface area contributed by atoms with Gasteiger partial charge in [0.15, 0.2) is 0 Å². The lowest BCUT2D eigenvalue weighted by Gasteiger charge is -2.13. The van der Waals surface area contributed by atoms with Crippen LogP contribution in [-0.4, -0.2) is 21.9 Å². The fraction of sp³-hybridized carbons (Fsp3) is 0.250. The first kappa shape index (κ1) is 13.4. The van der Waals surface area contributed by atoms with Crippen molar-refractivity contribution in [3.63, 3.8) is 0 Å². The van der Waals surface area contributed by atoms with E-state index in [1.165, 1.54) is 0 Å². The summed E-state index contributed by atoms with van der Waals surface area (Å²) in [6.45, 7) is 2.00. The molecule has 0 saturated carbocycles. The second-order valence-electron chi connectivity index (χ2n) is 5.13. The molecular formula is C16H17N3O2. The van der Waals surface area contributed by atoms with Crippen LogP contribution < -0.4 is 5.32 Å². The number of rotatable bonds is 5. The molecule has 5 nitrogen and oxygen atoms in total. The van der Waals surface area contributed by atoms with Crippen molar-refractivity contribution in [2.75, 3.05) is 0 Å². The Morgan fingerprint density at radius 2 is 2.33 bits per heavy atom. The van der Waals surface area contributed by atoms with Crippen LogP contribution in [0, 0.1) is 0 Å². The molecule has 0 bridgehead atoms. The minimum Gasteiger partial charge on any atom is -0.469 e. The highest BCUT2D eigenvalue weighted by molar-refractivity contribution is 5.97. The molecule has 1 amide bonds. The summed E-state index contributed by atoms with van der Waals surface area (Å²) >= 11 is 0. The first-order chi connectivity index (χ1) is 10.2. The maximum Gasteiger partial charge on any atom is 0.251 e. The maximum absolute atomic E-state index is 12.2. The predicted octanol–water partition coefficient (Wildman–Crippen LogP) is 2.91. The number of carbonyl (C=O) groups is 1. The molecule has 2 heterocycles. The molecule has 5 heteroatoms. The number of benzene rings is 1. The lowest BCUT2D eigenvalue weighted by molar-refractivity contribution is 0.0938. The number of nitrogens with zero attached hydrogens (tertiary/aromatic N) is 1. The first-order valence-corrected chi connectivity index (χ1v) is 6.99. The van der Waals surface area contributed by atoms with Crippen molar-refractivity contribution in [2.24, 2.45) is 0 Å². The number of fused-ring (bicyclic) bond motifs is 1. The number of aryl methyl sites for hydroxylation is 1. The van der Waals surface area contributed by atoms with Crippen molar-refractivity contribution in [3.05, 3.63) is 54.2 Å². The van der Waals surface area contributed by atoms with Crippen LogP contribution in [0.1, 0.15) is 29.5 Å². The summed E-state index contributed by atoms with van der Waals surface area (Å²) in [6.07, 6.45) is 4.94. The number of aromatic amines is 1. The number of hydrogen-bond donors (Lipinski definition) is 2. The molecule has 0 spiro atoms.